The third-order valence-corrected chi connectivity index (χ3v) is 4.19. The summed E-state index contributed by atoms with van der Waals surface area (Å²) in [7, 11) is 0. The van der Waals surface area contributed by atoms with Crippen molar-refractivity contribution < 1.29 is 14.0 Å². The van der Waals surface area contributed by atoms with Crippen LogP contribution in [0.25, 0.3) is 33.7 Å². The number of benzene rings is 2. The summed E-state index contributed by atoms with van der Waals surface area (Å²) in [5, 5.41) is 14.7. The van der Waals surface area contributed by atoms with Crippen LogP contribution in [-0.2, 0) is 6.54 Å². The maximum absolute atomic E-state index is 13.7. The highest BCUT2D eigenvalue weighted by molar-refractivity contribution is 5.91. The van der Waals surface area contributed by atoms with Crippen LogP contribution in [0.3, 0.4) is 0 Å². The number of hydrogen-bond donors (Lipinski definition) is 1. The topological polar surface area (TPSA) is 81.2 Å². The molecule has 0 aliphatic heterocycles. The van der Waals surface area contributed by atoms with Gasteiger partial charge in [-0.15, -0.1) is 0 Å². The number of aromatic nitrogens is 3. The van der Waals surface area contributed by atoms with Gasteiger partial charge < -0.3 is 14.2 Å². The van der Waals surface area contributed by atoms with Crippen LogP contribution in [0.1, 0.15) is 6.92 Å². The Hall–Kier alpha value is -3.48. The zero-order valence-electron chi connectivity index (χ0n) is 13.8. The van der Waals surface area contributed by atoms with E-state index in [9.17, 15) is 14.3 Å². The minimum Gasteiger partial charge on any atom is -0.506 e. The quantitative estimate of drug-likeness (QED) is 0.610. The molecular weight excluding hydrogens is 337 g/mol. The fraction of sp³-hybridized carbons (Fsp3) is 0.105. The van der Waals surface area contributed by atoms with Gasteiger partial charge in [0.2, 0.25) is 5.82 Å². The normalized spacial score (nSPS) is 11.2. The Balaban J connectivity index is 1.98. The number of rotatable bonds is 3. The second-order valence-corrected chi connectivity index (χ2v) is 5.72. The minimum absolute atomic E-state index is 0.111. The highest BCUT2D eigenvalue weighted by Gasteiger charge is 2.23. The Morgan fingerprint density at radius 3 is 2.69 bits per heavy atom. The maximum atomic E-state index is 13.7. The fourth-order valence-electron chi connectivity index (χ4n) is 2.95. The monoisotopic (exact) mass is 351 g/mol. The van der Waals surface area contributed by atoms with Gasteiger partial charge in [-0.2, -0.15) is 4.98 Å². The van der Waals surface area contributed by atoms with Gasteiger partial charge >= 0.3 is 0 Å². The van der Waals surface area contributed by atoms with Crippen LogP contribution in [0.5, 0.6) is 5.75 Å². The van der Waals surface area contributed by atoms with Crippen molar-refractivity contribution in [3.63, 3.8) is 0 Å². The molecule has 7 heteroatoms. The zero-order chi connectivity index (χ0) is 18.3. The average Bonchev–Trinajstić information content (AvgIpc) is 3.13. The van der Waals surface area contributed by atoms with E-state index in [0.29, 0.717) is 23.4 Å². The Morgan fingerprint density at radius 1 is 1.19 bits per heavy atom. The second-order valence-electron chi connectivity index (χ2n) is 5.72. The molecule has 0 bridgehead atoms. The van der Waals surface area contributed by atoms with Crippen molar-refractivity contribution in [2.75, 3.05) is 0 Å². The van der Waals surface area contributed by atoms with Crippen LogP contribution in [-0.4, -0.2) is 19.8 Å². The standard InChI is InChI=1S/C19H14FN3O3/c1-2-23-14-9-8-12(20)10-13(14)16(24)15(19(23)25)18-21-17(22-26-18)11-6-4-3-5-7-11/h3-10,24H,2H2,1H3. The van der Waals surface area contributed by atoms with Gasteiger partial charge in [0.1, 0.15) is 17.1 Å². The molecule has 6 nitrogen and oxygen atoms in total. The molecule has 0 radical (unpaired) electrons. The van der Waals surface area contributed by atoms with Crippen molar-refractivity contribution in [1.29, 1.82) is 0 Å². The molecule has 0 unspecified atom stereocenters. The first-order valence-corrected chi connectivity index (χ1v) is 8.04. The van der Waals surface area contributed by atoms with E-state index in [-0.39, 0.29) is 22.6 Å². The van der Waals surface area contributed by atoms with Crippen molar-refractivity contribution in [3.8, 4) is 28.6 Å². The van der Waals surface area contributed by atoms with Gasteiger partial charge in [-0.25, -0.2) is 4.39 Å². The lowest BCUT2D eigenvalue weighted by atomic mass is 10.1. The van der Waals surface area contributed by atoms with E-state index in [1.54, 1.807) is 19.1 Å². The molecule has 0 amide bonds. The van der Waals surface area contributed by atoms with Gasteiger partial charge in [0, 0.05) is 17.5 Å². The van der Waals surface area contributed by atoms with Crippen molar-refractivity contribution in [1.82, 2.24) is 14.7 Å². The molecule has 0 spiro atoms. The number of aryl methyl sites for hydroxylation is 1. The van der Waals surface area contributed by atoms with Crippen molar-refractivity contribution >= 4 is 10.9 Å². The van der Waals surface area contributed by atoms with Crippen molar-refractivity contribution in [2.45, 2.75) is 13.5 Å². The van der Waals surface area contributed by atoms with Gasteiger partial charge in [-0.3, -0.25) is 4.79 Å². The molecule has 1 N–H and O–H groups in total. The molecule has 0 aliphatic carbocycles. The minimum atomic E-state index is -0.518. The van der Waals surface area contributed by atoms with Gasteiger partial charge in [0.05, 0.1) is 5.52 Å². The molecule has 0 saturated carbocycles. The van der Waals surface area contributed by atoms with Gasteiger partial charge in [0.15, 0.2) is 0 Å². The molecule has 2 aromatic heterocycles. The Bertz CT molecular complexity index is 1170. The lowest BCUT2D eigenvalue weighted by Crippen LogP contribution is -2.21. The van der Waals surface area contributed by atoms with Crippen LogP contribution in [0.2, 0.25) is 0 Å². The predicted molar refractivity (Wildman–Crippen MR) is 94.2 cm³/mol. The Labute approximate surface area is 147 Å². The van der Waals surface area contributed by atoms with Gasteiger partial charge in [-0.1, -0.05) is 35.5 Å². The third-order valence-electron chi connectivity index (χ3n) is 4.19. The van der Waals surface area contributed by atoms with E-state index in [1.165, 1.54) is 22.8 Å². The lowest BCUT2D eigenvalue weighted by molar-refractivity contribution is 0.425. The molecule has 2 heterocycles. The second kappa shape index (κ2) is 6.11. The Kier molecular flexibility index (Phi) is 3.76. The van der Waals surface area contributed by atoms with Crippen LogP contribution < -0.4 is 5.56 Å². The van der Waals surface area contributed by atoms with E-state index < -0.39 is 11.4 Å². The Morgan fingerprint density at radius 2 is 1.96 bits per heavy atom. The highest BCUT2D eigenvalue weighted by Crippen LogP contribution is 2.33. The SMILES string of the molecule is CCn1c(=O)c(-c2nc(-c3ccccc3)no2)c(O)c2cc(F)ccc21. The third kappa shape index (κ3) is 2.45. The van der Waals surface area contributed by atoms with E-state index in [4.69, 9.17) is 4.52 Å². The molecule has 130 valence electrons. The molecule has 2 aromatic carbocycles. The van der Waals surface area contributed by atoms with Crippen LogP contribution in [0.15, 0.2) is 57.8 Å². The first kappa shape index (κ1) is 16.0. The van der Waals surface area contributed by atoms with Crippen LogP contribution in [0, 0.1) is 5.82 Å². The number of aromatic hydroxyl groups is 1. The van der Waals surface area contributed by atoms with Crippen LogP contribution >= 0.6 is 0 Å². The predicted octanol–water partition coefficient (Wildman–Crippen LogP) is 3.58. The number of nitrogens with zero attached hydrogens (tertiary/aromatic N) is 3. The molecule has 0 aliphatic rings. The summed E-state index contributed by atoms with van der Waals surface area (Å²) in [5.74, 6) is -0.713. The lowest BCUT2D eigenvalue weighted by Gasteiger charge is -2.11. The first-order valence-electron chi connectivity index (χ1n) is 8.04. The molecule has 4 rings (SSSR count). The number of halogens is 1. The summed E-state index contributed by atoms with van der Waals surface area (Å²) in [5.41, 5.74) is 0.527. The first-order chi connectivity index (χ1) is 12.6. The van der Waals surface area contributed by atoms with Crippen LogP contribution in [0.4, 0.5) is 4.39 Å². The molecule has 0 fully saturated rings. The molecule has 4 aromatic rings. The smallest absolute Gasteiger partial charge is 0.267 e. The zero-order valence-corrected chi connectivity index (χ0v) is 13.8. The summed E-state index contributed by atoms with van der Waals surface area (Å²) in [4.78, 5) is 17.1. The van der Waals surface area contributed by atoms with Crippen molar-refractivity contribution in [3.05, 3.63) is 64.7 Å². The summed E-state index contributed by atoms with van der Waals surface area (Å²) < 4.78 is 20.3. The van der Waals surface area contributed by atoms with Crippen molar-refractivity contribution in [2.24, 2.45) is 0 Å². The number of hydrogen-bond acceptors (Lipinski definition) is 5. The van der Waals surface area contributed by atoms with Gasteiger partial charge in [-0.05, 0) is 25.1 Å². The number of pyridine rings is 1. The van der Waals surface area contributed by atoms with Gasteiger partial charge in [0.25, 0.3) is 11.4 Å². The average molecular weight is 351 g/mol. The van der Waals surface area contributed by atoms with E-state index in [1.807, 2.05) is 18.2 Å². The number of fused-ring (bicyclic) bond motifs is 1. The maximum Gasteiger partial charge on any atom is 0.267 e. The summed E-state index contributed by atoms with van der Waals surface area (Å²) in [6.07, 6.45) is 0. The molecule has 26 heavy (non-hydrogen) atoms. The summed E-state index contributed by atoms with van der Waals surface area (Å²) in [6.45, 7) is 2.13. The largest absolute Gasteiger partial charge is 0.506 e. The summed E-state index contributed by atoms with van der Waals surface area (Å²) in [6, 6.07) is 13.0. The molecule has 0 atom stereocenters. The highest BCUT2D eigenvalue weighted by atomic mass is 19.1. The molecular formula is C19H14FN3O3. The summed E-state index contributed by atoms with van der Waals surface area (Å²) >= 11 is 0. The van der Waals surface area contributed by atoms with E-state index >= 15 is 0 Å². The molecule has 0 saturated heterocycles. The van der Waals surface area contributed by atoms with E-state index in [2.05, 4.69) is 10.1 Å². The fourth-order valence-corrected chi connectivity index (χ4v) is 2.95. The van der Waals surface area contributed by atoms with E-state index in [0.717, 1.165) is 0 Å².